The highest BCUT2D eigenvalue weighted by Crippen LogP contribution is 2.23. The molecular weight excluding hydrogens is 303 g/mol. The van der Waals surface area contributed by atoms with E-state index in [1.807, 2.05) is 19.1 Å². The number of rotatable bonds is 7. The van der Waals surface area contributed by atoms with Crippen molar-refractivity contribution in [2.24, 2.45) is 5.73 Å². The molecule has 0 aromatic heterocycles. The van der Waals surface area contributed by atoms with Gasteiger partial charge in [-0.3, -0.25) is 4.79 Å². The van der Waals surface area contributed by atoms with Gasteiger partial charge in [-0.2, -0.15) is 0 Å². The fourth-order valence-corrected chi connectivity index (χ4v) is 1.61. The largest absolute Gasteiger partial charge is 0.487 e. The molecule has 0 spiro atoms. The molecule has 1 aromatic carbocycles. The molecule has 0 heterocycles. The van der Waals surface area contributed by atoms with Gasteiger partial charge in [0.15, 0.2) is 0 Å². The number of para-hydroxylation sites is 1. The van der Waals surface area contributed by atoms with E-state index >= 15 is 0 Å². The third-order valence-corrected chi connectivity index (χ3v) is 2.72. The molecule has 114 valence electrons. The van der Waals surface area contributed by atoms with Crippen LogP contribution in [0.1, 0.15) is 6.92 Å². The summed E-state index contributed by atoms with van der Waals surface area (Å²) in [6.45, 7) is 2.37. The fourth-order valence-electron chi connectivity index (χ4n) is 1.43. The molecule has 1 amide bonds. The number of hydrogen-bond acceptors (Lipinski definition) is 4. The standard InChI is InChI=1S/C13H19ClN2O3.ClH/c1-9(7-16-13(17)11(15)8-18-2)19-12-6-4-3-5-10(12)14;/h3-6,9,11H,7-8,15H2,1-2H3,(H,16,17);1H. The van der Waals surface area contributed by atoms with Crippen molar-refractivity contribution in [3.63, 3.8) is 0 Å². The van der Waals surface area contributed by atoms with Crippen molar-refractivity contribution in [3.8, 4) is 5.75 Å². The maximum absolute atomic E-state index is 11.6. The van der Waals surface area contributed by atoms with E-state index in [1.165, 1.54) is 7.11 Å². The van der Waals surface area contributed by atoms with E-state index in [2.05, 4.69) is 5.32 Å². The molecule has 7 heteroatoms. The van der Waals surface area contributed by atoms with Crippen LogP contribution in [-0.2, 0) is 9.53 Å². The molecule has 0 aliphatic rings. The number of methoxy groups -OCH3 is 1. The van der Waals surface area contributed by atoms with Gasteiger partial charge in [0, 0.05) is 7.11 Å². The van der Waals surface area contributed by atoms with Crippen LogP contribution in [0.3, 0.4) is 0 Å². The predicted octanol–water partition coefficient (Wildman–Crippen LogP) is 1.62. The second-order valence-corrected chi connectivity index (χ2v) is 4.57. The molecule has 0 saturated carbocycles. The van der Waals surface area contributed by atoms with E-state index in [0.29, 0.717) is 17.3 Å². The van der Waals surface area contributed by atoms with Crippen LogP contribution >= 0.6 is 24.0 Å². The Morgan fingerprint density at radius 3 is 2.70 bits per heavy atom. The van der Waals surface area contributed by atoms with Crippen molar-refractivity contribution >= 4 is 29.9 Å². The first-order valence-electron chi connectivity index (χ1n) is 5.98. The smallest absolute Gasteiger partial charge is 0.239 e. The average Bonchev–Trinajstić information content (AvgIpc) is 2.39. The van der Waals surface area contributed by atoms with Gasteiger partial charge in [-0.1, -0.05) is 23.7 Å². The molecular formula is C13H20Cl2N2O3. The second-order valence-electron chi connectivity index (χ2n) is 4.17. The Bertz CT molecular complexity index is 418. The molecule has 0 bridgehead atoms. The molecule has 2 atom stereocenters. The van der Waals surface area contributed by atoms with E-state index < -0.39 is 6.04 Å². The molecule has 3 N–H and O–H groups in total. The van der Waals surface area contributed by atoms with Crippen LogP contribution in [0, 0.1) is 0 Å². The Morgan fingerprint density at radius 1 is 1.45 bits per heavy atom. The van der Waals surface area contributed by atoms with Crippen LogP contribution in [0.25, 0.3) is 0 Å². The van der Waals surface area contributed by atoms with Crippen molar-refractivity contribution in [1.82, 2.24) is 5.32 Å². The zero-order valence-corrected chi connectivity index (χ0v) is 13.0. The summed E-state index contributed by atoms with van der Waals surface area (Å²) in [4.78, 5) is 11.6. The number of hydrogen-bond donors (Lipinski definition) is 2. The van der Waals surface area contributed by atoms with Crippen LogP contribution in [0.2, 0.25) is 5.02 Å². The van der Waals surface area contributed by atoms with Crippen molar-refractivity contribution in [1.29, 1.82) is 0 Å². The Balaban J connectivity index is 0.00000361. The second kappa shape index (κ2) is 9.83. The lowest BCUT2D eigenvalue weighted by molar-refractivity contribution is -0.123. The van der Waals surface area contributed by atoms with Crippen molar-refractivity contribution in [2.75, 3.05) is 20.3 Å². The molecule has 5 nitrogen and oxygen atoms in total. The Morgan fingerprint density at radius 2 is 2.10 bits per heavy atom. The normalized spacial score (nSPS) is 13.0. The third-order valence-electron chi connectivity index (χ3n) is 2.41. The highest BCUT2D eigenvalue weighted by Gasteiger charge is 2.14. The first kappa shape index (κ1) is 19.0. The van der Waals surface area contributed by atoms with Gasteiger partial charge in [0.25, 0.3) is 0 Å². The quantitative estimate of drug-likeness (QED) is 0.800. The highest BCUT2D eigenvalue weighted by atomic mass is 35.5. The van der Waals surface area contributed by atoms with E-state index in [1.54, 1.807) is 12.1 Å². The average molecular weight is 323 g/mol. The molecule has 0 aliphatic heterocycles. The monoisotopic (exact) mass is 322 g/mol. The molecule has 0 saturated heterocycles. The number of amides is 1. The van der Waals surface area contributed by atoms with Gasteiger partial charge in [0.1, 0.15) is 17.9 Å². The maximum Gasteiger partial charge on any atom is 0.239 e. The molecule has 0 radical (unpaired) electrons. The minimum Gasteiger partial charge on any atom is -0.487 e. The summed E-state index contributed by atoms with van der Waals surface area (Å²) in [5.74, 6) is 0.323. The lowest BCUT2D eigenvalue weighted by atomic mass is 10.3. The molecule has 20 heavy (non-hydrogen) atoms. The van der Waals surface area contributed by atoms with Crippen molar-refractivity contribution < 1.29 is 14.3 Å². The van der Waals surface area contributed by atoms with Crippen molar-refractivity contribution in [2.45, 2.75) is 19.1 Å². The molecule has 1 rings (SSSR count). The minimum absolute atomic E-state index is 0. The van der Waals surface area contributed by atoms with E-state index in [4.69, 9.17) is 26.8 Å². The fraction of sp³-hybridized carbons (Fsp3) is 0.462. The van der Waals surface area contributed by atoms with Crippen molar-refractivity contribution in [3.05, 3.63) is 29.3 Å². The van der Waals surface area contributed by atoms with E-state index in [9.17, 15) is 4.79 Å². The molecule has 1 aromatic rings. The Hall–Kier alpha value is -1.01. The maximum atomic E-state index is 11.6. The summed E-state index contributed by atoms with van der Waals surface area (Å²) in [5.41, 5.74) is 5.59. The summed E-state index contributed by atoms with van der Waals surface area (Å²) in [6, 6.07) is 6.51. The zero-order chi connectivity index (χ0) is 14.3. The van der Waals surface area contributed by atoms with Gasteiger partial charge in [-0.05, 0) is 19.1 Å². The molecule has 0 fully saturated rings. The number of ether oxygens (including phenoxy) is 2. The van der Waals surface area contributed by atoms with Crippen LogP contribution in [0.4, 0.5) is 0 Å². The van der Waals surface area contributed by atoms with Gasteiger partial charge < -0.3 is 20.5 Å². The van der Waals surface area contributed by atoms with Gasteiger partial charge in [0.05, 0.1) is 18.2 Å². The van der Waals surface area contributed by atoms with Crippen LogP contribution in [-0.4, -0.2) is 38.3 Å². The zero-order valence-electron chi connectivity index (χ0n) is 11.5. The molecule has 0 aliphatic carbocycles. The summed E-state index contributed by atoms with van der Waals surface area (Å²) in [6.07, 6.45) is -0.210. The lowest BCUT2D eigenvalue weighted by Crippen LogP contribution is -2.46. The summed E-state index contributed by atoms with van der Waals surface area (Å²) in [7, 11) is 1.50. The summed E-state index contributed by atoms with van der Waals surface area (Å²) >= 11 is 5.97. The number of carbonyl (C=O) groups is 1. The van der Waals surface area contributed by atoms with Crippen LogP contribution in [0.15, 0.2) is 24.3 Å². The third kappa shape index (κ3) is 6.43. The highest BCUT2D eigenvalue weighted by molar-refractivity contribution is 6.32. The number of nitrogens with two attached hydrogens (primary N) is 1. The van der Waals surface area contributed by atoms with Gasteiger partial charge >= 0.3 is 0 Å². The SMILES string of the molecule is COCC(N)C(=O)NCC(C)Oc1ccccc1Cl.Cl. The summed E-state index contributed by atoms with van der Waals surface area (Å²) < 4.78 is 10.4. The topological polar surface area (TPSA) is 73.6 Å². The number of carbonyl (C=O) groups excluding carboxylic acids is 1. The minimum atomic E-state index is -0.669. The Kier molecular flexibility index (Phi) is 9.33. The van der Waals surface area contributed by atoms with Crippen LogP contribution in [0.5, 0.6) is 5.75 Å². The molecule has 2 unspecified atom stereocenters. The summed E-state index contributed by atoms with van der Waals surface area (Å²) in [5, 5.41) is 3.23. The van der Waals surface area contributed by atoms with Gasteiger partial charge in [-0.15, -0.1) is 12.4 Å². The lowest BCUT2D eigenvalue weighted by Gasteiger charge is -2.17. The van der Waals surface area contributed by atoms with Crippen LogP contribution < -0.4 is 15.8 Å². The first-order chi connectivity index (χ1) is 9.04. The Labute approximate surface area is 130 Å². The number of halogens is 2. The predicted molar refractivity (Wildman–Crippen MR) is 81.7 cm³/mol. The number of benzene rings is 1. The van der Waals surface area contributed by atoms with Gasteiger partial charge in [0.2, 0.25) is 5.91 Å². The van der Waals surface area contributed by atoms with Gasteiger partial charge in [-0.25, -0.2) is 0 Å². The first-order valence-corrected chi connectivity index (χ1v) is 6.35. The number of nitrogens with one attached hydrogen (secondary N) is 1. The van der Waals surface area contributed by atoms with E-state index in [0.717, 1.165) is 0 Å². The van der Waals surface area contributed by atoms with E-state index in [-0.39, 0.29) is 31.0 Å².